The van der Waals surface area contributed by atoms with Gasteiger partial charge in [0.2, 0.25) is 0 Å². The van der Waals surface area contributed by atoms with Crippen LogP contribution in [-0.2, 0) is 26.8 Å². The average Bonchev–Trinajstić information content (AvgIpc) is 2.88. The van der Waals surface area contributed by atoms with Gasteiger partial charge in [0.1, 0.15) is 0 Å². The van der Waals surface area contributed by atoms with Gasteiger partial charge in [0.15, 0.2) is 0 Å². The van der Waals surface area contributed by atoms with Gasteiger partial charge < -0.3 is 10.2 Å². The number of hydrogen-bond donors (Lipinski definition) is 1. The zero-order valence-electron chi connectivity index (χ0n) is 13.9. The van der Waals surface area contributed by atoms with E-state index < -0.39 is 20.7 Å². The smallest absolute Gasteiger partial charge is 0.296 e. The van der Waals surface area contributed by atoms with Crippen LogP contribution in [0.4, 0.5) is 5.69 Å². The number of benzene rings is 2. The van der Waals surface area contributed by atoms with E-state index in [1.807, 2.05) is 7.05 Å². The third kappa shape index (κ3) is 2.72. The van der Waals surface area contributed by atoms with Crippen molar-refractivity contribution in [3.05, 3.63) is 47.0 Å². The second-order valence-corrected chi connectivity index (χ2v) is 9.10. The minimum Gasteiger partial charge on any atom is -0.318 e. The third-order valence-electron chi connectivity index (χ3n) is 4.86. The van der Waals surface area contributed by atoms with Crippen LogP contribution < -0.4 is 5.32 Å². The third-order valence-corrected chi connectivity index (χ3v) is 6.23. The first-order valence-electron chi connectivity index (χ1n) is 8.04. The topological polar surface area (TPSA) is 83.6 Å². The molecular weight excluding hydrogens is 376 g/mol. The quantitative estimate of drug-likeness (QED) is 0.628. The first-order valence-corrected chi connectivity index (χ1v) is 10.3. The number of nitrogens with one attached hydrogen (secondary N) is 1. The zero-order chi connectivity index (χ0) is 18.6. The summed E-state index contributed by atoms with van der Waals surface area (Å²) in [4.78, 5) is 26.2. The highest BCUT2D eigenvalue weighted by Crippen LogP contribution is 2.40. The van der Waals surface area contributed by atoms with Gasteiger partial charge in [-0.15, -0.1) is 0 Å². The molecule has 0 fully saturated rings. The van der Waals surface area contributed by atoms with Crippen LogP contribution in [0.25, 0.3) is 11.1 Å². The molecule has 4 rings (SSSR count). The van der Waals surface area contributed by atoms with E-state index in [0.717, 1.165) is 35.2 Å². The average molecular weight is 391 g/mol. The molecule has 1 N–H and O–H groups in total. The van der Waals surface area contributed by atoms with Crippen LogP contribution in [0.15, 0.2) is 35.2 Å². The number of hydrogen-bond acceptors (Lipinski definition) is 5. The lowest BCUT2D eigenvalue weighted by Crippen LogP contribution is -2.27. The second kappa shape index (κ2) is 5.90. The van der Waals surface area contributed by atoms with E-state index in [0.29, 0.717) is 17.8 Å². The molecule has 0 spiro atoms. The lowest BCUT2D eigenvalue weighted by molar-refractivity contribution is -0.112. The van der Waals surface area contributed by atoms with Gasteiger partial charge in [-0.1, -0.05) is 12.1 Å². The molecule has 134 valence electrons. The Morgan fingerprint density at radius 3 is 2.42 bits per heavy atom. The van der Waals surface area contributed by atoms with Crippen LogP contribution >= 0.6 is 10.7 Å². The number of fused-ring (bicyclic) bond motifs is 3. The van der Waals surface area contributed by atoms with E-state index in [1.54, 1.807) is 18.2 Å². The van der Waals surface area contributed by atoms with Gasteiger partial charge in [0, 0.05) is 23.8 Å². The number of ketones is 1. The number of carbonyl (C=O) groups is 2. The van der Waals surface area contributed by atoms with Crippen molar-refractivity contribution in [3.8, 4) is 11.1 Å². The lowest BCUT2D eigenvalue weighted by Gasteiger charge is -2.29. The summed E-state index contributed by atoms with van der Waals surface area (Å²) >= 11 is 0. The first kappa shape index (κ1) is 17.2. The monoisotopic (exact) mass is 390 g/mol. The Labute approximate surface area is 155 Å². The van der Waals surface area contributed by atoms with Crippen LogP contribution in [0.1, 0.15) is 21.5 Å². The number of halogens is 1. The van der Waals surface area contributed by atoms with Crippen molar-refractivity contribution in [1.82, 2.24) is 4.90 Å². The maximum absolute atomic E-state index is 12.2. The van der Waals surface area contributed by atoms with Crippen molar-refractivity contribution in [2.75, 3.05) is 18.9 Å². The summed E-state index contributed by atoms with van der Waals surface area (Å²) in [5.41, 5.74) is 4.61. The Balaban J connectivity index is 1.91. The predicted molar refractivity (Wildman–Crippen MR) is 97.9 cm³/mol. The van der Waals surface area contributed by atoms with E-state index in [1.165, 1.54) is 12.1 Å². The Hall–Kier alpha value is -2.22. The normalized spacial score (nSPS) is 17.0. The minimum atomic E-state index is -3.80. The molecule has 0 aromatic heterocycles. The Bertz CT molecular complexity index is 1060. The largest absolute Gasteiger partial charge is 0.318 e. The molecule has 1 amide bonds. The molecule has 26 heavy (non-hydrogen) atoms. The summed E-state index contributed by atoms with van der Waals surface area (Å²) in [6, 6.07) is 7.95. The minimum absolute atomic E-state index is 0.0191. The summed E-state index contributed by atoms with van der Waals surface area (Å²) in [5.74, 6) is -1.16. The molecular formula is C18H15ClN2O4S. The number of nitrogens with zero attached hydrogens (tertiary/aromatic N) is 1. The van der Waals surface area contributed by atoms with Crippen LogP contribution in [0.2, 0.25) is 0 Å². The first-order chi connectivity index (χ1) is 12.3. The molecule has 8 heteroatoms. The Kier molecular flexibility index (Phi) is 3.91. The molecule has 0 saturated heterocycles. The van der Waals surface area contributed by atoms with Gasteiger partial charge >= 0.3 is 0 Å². The summed E-state index contributed by atoms with van der Waals surface area (Å²) in [6.07, 6.45) is 0.772. The van der Waals surface area contributed by atoms with Gasteiger partial charge in [-0.05, 0) is 53.9 Å². The van der Waals surface area contributed by atoms with E-state index >= 15 is 0 Å². The summed E-state index contributed by atoms with van der Waals surface area (Å²) in [6.45, 7) is 1.49. The lowest BCUT2D eigenvalue weighted by atomic mass is 9.87. The van der Waals surface area contributed by atoms with Crippen LogP contribution in [0.3, 0.4) is 0 Å². The van der Waals surface area contributed by atoms with Gasteiger partial charge in [-0.3, -0.25) is 9.59 Å². The number of likely N-dealkylation sites (N-methyl/N-ethyl adjacent to an activating group) is 1. The van der Waals surface area contributed by atoms with Crippen molar-refractivity contribution in [3.63, 3.8) is 0 Å². The fourth-order valence-electron chi connectivity index (χ4n) is 3.56. The number of rotatable bonds is 2. The Morgan fingerprint density at radius 2 is 1.77 bits per heavy atom. The van der Waals surface area contributed by atoms with E-state index in [2.05, 4.69) is 10.2 Å². The molecule has 2 aliphatic heterocycles. The zero-order valence-corrected chi connectivity index (χ0v) is 15.4. The van der Waals surface area contributed by atoms with Crippen LogP contribution in [-0.4, -0.2) is 38.6 Å². The Morgan fingerprint density at radius 1 is 1.08 bits per heavy atom. The van der Waals surface area contributed by atoms with Gasteiger partial charge in [0.05, 0.1) is 16.1 Å². The number of amides is 1. The van der Waals surface area contributed by atoms with Crippen molar-refractivity contribution < 1.29 is 18.0 Å². The summed E-state index contributed by atoms with van der Waals surface area (Å²) < 4.78 is 22.9. The standard InChI is InChI=1S/C18H15ClN2O4S/c1-21-7-6-12-13(10-2-4-11(5-3-10)26(19,24)25)8-14-16(15(12)9-21)20-18(23)17(14)22/h2-5,8H,6-7,9H2,1H3,(H,20,22,23). The van der Waals surface area contributed by atoms with Gasteiger partial charge in [-0.25, -0.2) is 8.42 Å². The SMILES string of the molecule is CN1CCc2c(-c3ccc(S(=O)(=O)Cl)cc3)cc3c(c2C1)NC(=O)C3=O. The molecule has 2 aromatic rings. The molecule has 0 bridgehead atoms. The van der Waals surface area contributed by atoms with Gasteiger partial charge in [-0.2, -0.15) is 0 Å². The van der Waals surface area contributed by atoms with Crippen LogP contribution in [0, 0.1) is 0 Å². The molecule has 2 aliphatic rings. The molecule has 2 aromatic carbocycles. The van der Waals surface area contributed by atoms with Crippen LogP contribution in [0.5, 0.6) is 0 Å². The van der Waals surface area contributed by atoms with Crippen molar-refractivity contribution >= 4 is 37.1 Å². The molecule has 0 radical (unpaired) electrons. The fraction of sp³-hybridized carbons (Fsp3) is 0.222. The van der Waals surface area contributed by atoms with Crippen molar-refractivity contribution in [2.24, 2.45) is 0 Å². The van der Waals surface area contributed by atoms with E-state index in [9.17, 15) is 18.0 Å². The molecule has 0 saturated carbocycles. The van der Waals surface area contributed by atoms with Gasteiger partial charge in [0.25, 0.3) is 20.7 Å². The number of carbonyl (C=O) groups excluding carboxylic acids is 2. The second-order valence-electron chi connectivity index (χ2n) is 6.54. The molecule has 0 aliphatic carbocycles. The number of anilines is 1. The maximum Gasteiger partial charge on any atom is 0.296 e. The highest BCUT2D eigenvalue weighted by Gasteiger charge is 2.34. The highest BCUT2D eigenvalue weighted by molar-refractivity contribution is 8.13. The molecule has 0 atom stereocenters. The molecule has 6 nitrogen and oxygen atoms in total. The summed E-state index contributed by atoms with van der Waals surface area (Å²) in [5, 5.41) is 2.69. The van der Waals surface area contributed by atoms with E-state index in [4.69, 9.17) is 10.7 Å². The summed E-state index contributed by atoms with van der Waals surface area (Å²) in [7, 11) is 3.57. The molecule has 2 heterocycles. The highest BCUT2D eigenvalue weighted by atomic mass is 35.7. The number of Topliss-reactive ketones (excluding diaryl/α,β-unsaturated/α-hetero) is 1. The maximum atomic E-state index is 12.2. The predicted octanol–water partition coefficient (Wildman–Crippen LogP) is 2.40. The van der Waals surface area contributed by atoms with Crippen molar-refractivity contribution in [1.29, 1.82) is 0 Å². The molecule has 0 unspecified atom stereocenters. The van der Waals surface area contributed by atoms with E-state index in [-0.39, 0.29) is 4.90 Å². The van der Waals surface area contributed by atoms with Crippen molar-refractivity contribution in [2.45, 2.75) is 17.9 Å². The fourth-order valence-corrected chi connectivity index (χ4v) is 4.33.